The summed E-state index contributed by atoms with van der Waals surface area (Å²) in [5.74, 6) is -1.25. The number of nitrogens with one attached hydrogen (secondary N) is 1. The zero-order valence-electron chi connectivity index (χ0n) is 61.8. The highest BCUT2D eigenvalue weighted by Gasteiger charge is 2.55. The molecule has 0 bridgehead atoms. The maximum atomic E-state index is 13.7. The molecule has 2 N–H and O–H groups in total. The van der Waals surface area contributed by atoms with Crippen LogP contribution < -0.4 is 0 Å². The zero-order chi connectivity index (χ0) is 77.0. The lowest BCUT2D eigenvalue weighted by Gasteiger charge is -2.50. The summed E-state index contributed by atoms with van der Waals surface area (Å²) < 4.78 is 90.9. The van der Waals surface area contributed by atoms with Gasteiger partial charge in [0.2, 0.25) is 12.2 Å². The third-order valence-corrected chi connectivity index (χ3v) is 22.5. The van der Waals surface area contributed by atoms with Crippen LogP contribution in [0.1, 0.15) is 114 Å². The van der Waals surface area contributed by atoms with E-state index in [0.717, 1.165) is 33.8 Å². The molecule has 7 aromatic rings. The monoisotopic (exact) mass is 1590 g/mol. The zero-order valence-corrected chi connectivity index (χ0v) is 65.7. The average Bonchev–Trinajstić information content (AvgIpc) is 0.811. The number of thioether (sulfide) groups is 2. The maximum Gasteiger partial charge on any atom is 0.338 e. The summed E-state index contributed by atoms with van der Waals surface area (Å²) in [5.41, 5.74) is 4.43. The van der Waals surface area contributed by atoms with Crippen LogP contribution in [-0.4, -0.2) is 161 Å². The number of hydrogen-bond donors (Lipinski definition) is 2. The highest BCUT2D eigenvalue weighted by Crippen LogP contribution is 2.45. The van der Waals surface area contributed by atoms with Gasteiger partial charge in [-0.05, 0) is 64.9 Å². The standard InChI is InChI=1S/C44H48O10S.C23H28O5S.C17H20Cl3NO4/c1-4-55-44-39(52-41(46)32-21-13-7-14-22-32)29(3)37(34(50-44)26-47-25-30-17-9-5-10-18-30)54-43-38(51-40(45)31-19-11-6-12-20-31)28(2)36-35(49-43)27-48-42(53-36)33-23-15-8-16-24-33;1-3-29-23-21(28-22(25)18-12-8-5-9-13-18)16(2)20(24)19(27-23)15-26-14-17-10-6-4-7-11-17;1-9-10(2)14(25-16(21)17(18,19)20)23-12-8-22-15(24-13(9)12)11-6-4-3-5-7-11/h5-24,28-29,34-39,42-44H,4,25-27H2,1-3H3;4-13,16,19-21,23-24H,3,14-15H2,1-2H3;3-7,9-10,12-15,21H,8H2,1-2H3/t28-,29-,34?,35?,36-,37-,38?,39?,42?,43-,44-;16-,19?,20-,21?,23-;9-,10?,12?,13+,14-,15?/m001/s1. The molecule has 7 aromatic carbocycles. The Labute approximate surface area is 661 Å². The van der Waals surface area contributed by atoms with Crippen molar-refractivity contribution in [2.45, 2.75) is 169 Å². The van der Waals surface area contributed by atoms with E-state index >= 15 is 0 Å². The van der Waals surface area contributed by atoms with Gasteiger partial charge in [-0.2, -0.15) is 0 Å². The van der Waals surface area contributed by atoms with E-state index in [9.17, 15) is 19.5 Å². The van der Waals surface area contributed by atoms with Gasteiger partial charge in [0.15, 0.2) is 25.0 Å². The number of esters is 3. The SMILES string of the molecule is CC1[C@@H](OC(=N)C(Cl)(Cl)Cl)OC2COC(c3ccccc3)O[C@H]2[C@@H]1C.CCS[C@@H]1OC(COCc2ccccc2)[C@@H](O)[C@H](C)C1OC(=O)c1ccccc1.CCS[C@@H]1OC(COCc2ccccc2)[C@@H](O[C@@H]2OC3COC(c4ccccc4)O[C@H]3[C@H](C)C2OC(=O)c2ccccc2)[C@H](C)C1OC(=O)c1ccccc1. The first-order chi connectivity index (χ1) is 52.8. The molecule has 6 heterocycles. The topological polar surface area (TPSA) is 234 Å². The van der Waals surface area contributed by atoms with Crippen molar-refractivity contribution in [3.05, 3.63) is 251 Å². The molecule has 0 spiro atoms. The summed E-state index contributed by atoms with van der Waals surface area (Å²) in [4.78, 5) is 39.7. The lowest BCUT2D eigenvalue weighted by molar-refractivity contribution is -0.366. The molecule has 6 fully saturated rings. The van der Waals surface area contributed by atoms with E-state index in [1.54, 1.807) is 96.3 Å². The van der Waals surface area contributed by atoms with Crippen LogP contribution in [0.5, 0.6) is 0 Å². The first kappa shape index (κ1) is 83.4. The van der Waals surface area contributed by atoms with Crippen molar-refractivity contribution in [1.82, 2.24) is 0 Å². The third kappa shape index (κ3) is 22.5. The Balaban J connectivity index is 0.000000182. The van der Waals surface area contributed by atoms with Crippen LogP contribution in [0.15, 0.2) is 212 Å². The van der Waals surface area contributed by atoms with Crippen molar-refractivity contribution < 1.29 is 90.5 Å². The van der Waals surface area contributed by atoms with Crippen LogP contribution in [0.25, 0.3) is 0 Å². The van der Waals surface area contributed by atoms with Crippen molar-refractivity contribution in [2.24, 2.45) is 29.6 Å². The van der Waals surface area contributed by atoms with Gasteiger partial charge in [-0.15, -0.1) is 23.5 Å². The lowest BCUT2D eigenvalue weighted by Crippen LogP contribution is -2.63. The molecule has 0 aliphatic carbocycles. The summed E-state index contributed by atoms with van der Waals surface area (Å²) in [7, 11) is 0. The molecule has 6 saturated heterocycles. The fourth-order valence-corrected chi connectivity index (χ4v) is 16.0. The molecule has 584 valence electrons. The van der Waals surface area contributed by atoms with Gasteiger partial charge >= 0.3 is 17.9 Å². The van der Waals surface area contributed by atoms with E-state index in [1.165, 1.54) is 0 Å². The number of rotatable bonds is 23. The fraction of sp³-hybridized carbons (Fsp3) is 0.452. The number of halogens is 3. The van der Waals surface area contributed by atoms with E-state index in [-0.39, 0.29) is 67.1 Å². The van der Waals surface area contributed by atoms with Gasteiger partial charge in [0.25, 0.3) is 3.79 Å². The van der Waals surface area contributed by atoms with Gasteiger partial charge in [0.05, 0.1) is 80.7 Å². The number of carbonyl (C=O) groups excluding carboxylic acids is 3. The molecule has 20 nitrogen and oxygen atoms in total. The molecular weight excluding hydrogens is 1500 g/mol. The molecule has 0 amide bonds. The van der Waals surface area contributed by atoms with Gasteiger partial charge in [0.1, 0.15) is 47.5 Å². The predicted octanol–water partition coefficient (Wildman–Crippen LogP) is 16.0. The Morgan fingerprint density at radius 3 is 1.25 bits per heavy atom. The maximum absolute atomic E-state index is 13.7. The Morgan fingerprint density at radius 2 is 0.817 bits per heavy atom. The van der Waals surface area contributed by atoms with E-state index < -0.39 is 113 Å². The minimum atomic E-state index is -1.92. The second-order valence-electron chi connectivity index (χ2n) is 27.5. The number of aliphatic hydroxyl groups is 1. The van der Waals surface area contributed by atoms with Crippen molar-refractivity contribution in [1.29, 1.82) is 5.41 Å². The minimum absolute atomic E-state index is 0.0523. The summed E-state index contributed by atoms with van der Waals surface area (Å²) in [6.07, 6.45) is -8.84. The summed E-state index contributed by atoms with van der Waals surface area (Å²) in [5, 5.41) is 18.5. The Kier molecular flexibility index (Phi) is 31.2. The number of aliphatic hydroxyl groups excluding tert-OH is 1. The van der Waals surface area contributed by atoms with Crippen LogP contribution in [0.2, 0.25) is 0 Å². The molecule has 0 saturated carbocycles. The Bertz CT molecular complexity index is 3910. The van der Waals surface area contributed by atoms with Gasteiger partial charge in [-0.1, -0.05) is 259 Å². The summed E-state index contributed by atoms with van der Waals surface area (Å²) >= 11 is 20.2. The normalized spacial score (nSPS) is 30.7. The van der Waals surface area contributed by atoms with Crippen LogP contribution in [0.3, 0.4) is 0 Å². The van der Waals surface area contributed by atoms with Crippen molar-refractivity contribution in [2.75, 3.05) is 37.9 Å². The van der Waals surface area contributed by atoms with E-state index in [0.29, 0.717) is 36.5 Å². The molecule has 6 aliphatic rings. The minimum Gasteiger partial charge on any atom is -0.455 e. The highest BCUT2D eigenvalue weighted by atomic mass is 35.6. The molecule has 0 radical (unpaired) electrons. The molecule has 25 heteroatoms. The second kappa shape index (κ2) is 40.8. The first-order valence-electron chi connectivity index (χ1n) is 36.9. The molecule has 0 aromatic heterocycles. The molecule has 13 rings (SSSR count). The molecule has 109 heavy (non-hydrogen) atoms. The van der Waals surface area contributed by atoms with Crippen LogP contribution >= 0.6 is 58.3 Å². The van der Waals surface area contributed by atoms with Crippen molar-refractivity contribution in [3.63, 3.8) is 0 Å². The van der Waals surface area contributed by atoms with Crippen molar-refractivity contribution >= 4 is 82.1 Å². The molecule has 6 aliphatic heterocycles. The Morgan fingerprint density at radius 1 is 0.440 bits per heavy atom. The molecule has 10 unspecified atom stereocenters. The summed E-state index contributed by atoms with van der Waals surface area (Å²) in [6.45, 7) is 15.9. The highest BCUT2D eigenvalue weighted by molar-refractivity contribution is 8.00. The number of hydrogen-bond acceptors (Lipinski definition) is 22. The third-order valence-electron chi connectivity index (χ3n) is 19.9. The first-order valence-corrected chi connectivity index (χ1v) is 40.2. The second-order valence-corrected chi connectivity index (χ2v) is 32.5. The van der Waals surface area contributed by atoms with Gasteiger partial charge < -0.3 is 76.2 Å². The van der Waals surface area contributed by atoms with Crippen LogP contribution in [-0.2, 0) is 84.3 Å². The molecular formula is C84H96Cl3NO19S2. The number of benzene rings is 7. The number of ether oxygens (including phenoxy) is 15. The quantitative estimate of drug-likeness (QED) is 0.0199. The summed E-state index contributed by atoms with van der Waals surface area (Å²) in [6, 6.07) is 65.9. The average molecular weight is 1590 g/mol. The smallest absolute Gasteiger partial charge is 0.338 e. The number of alkyl halides is 3. The predicted molar refractivity (Wildman–Crippen MR) is 416 cm³/mol. The fourth-order valence-electron chi connectivity index (χ4n) is 13.7. The van der Waals surface area contributed by atoms with Crippen molar-refractivity contribution in [3.8, 4) is 0 Å². The number of fused-ring (bicyclic) bond motifs is 2. The molecule has 22 atom stereocenters. The van der Waals surface area contributed by atoms with Gasteiger partial charge in [-0.3, -0.25) is 5.41 Å². The Hall–Kier alpha value is -6.49. The largest absolute Gasteiger partial charge is 0.455 e. The van der Waals surface area contributed by atoms with E-state index in [4.69, 9.17) is 111 Å². The number of carbonyl (C=O) groups is 3. The van der Waals surface area contributed by atoms with Gasteiger partial charge in [-0.25, -0.2) is 14.4 Å². The van der Waals surface area contributed by atoms with E-state index in [2.05, 4.69) is 6.92 Å². The van der Waals surface area contributed by atoms with Crippen LogP contribution in [0.4, 0.5) is 0 Å². The van der Waals surface area contributed by atoms with Crippen LogP contribution in [0, 0.1) is 35.0 Å². The lowest BCUT2D eigenvalue weighted by atomic mass is 9.84. The van der Waals surface area contributed by atoms with Gasteiger partial charge in [0, 0.05) is 34.8 Å². The van der Waals surface area contributed by atoms with E-state index in [1.807, 2.05) is 181 Å².